The summed E-state index contributed by atoms with van der Waals surface area (Å²) in [5.74, 6) is 1.06. The third kappa shape index (κ3) is 3.12. The molecule has 0 bridgehead atoms. The molecule has 0 aliphatic heterocycles. The Hall–Kier alpha value is -2.87. The van der Waals surface area contributed by atoms with E-state index in [1.807, 2.05) is 19.1 Å². The Morgan fingerprint density at radius 3 is 2.50 bits per heavy atom. The summed E-state index contributed by atoms with van der Waals surface area (Å²) in [6.07, 6.45) is 0. The Labute approximate surface area is 116 Å². The number of furan rings is 1. The number of carbonyl (C=O) groups is 1. The quantitative estimate of drug-likeness (QED) is 0.685. The van der Waals surface area contributed by atoms with Crippen molar-refractivity contribution >= 4 is 11.6 Å². The summed E-state index contributed by atoms with van der Waals surface area (Å²) in [6, 6.07) is 11.9. The summed E-state index contributed by atoms with van der Waals surface area (Å²) in [7, 11) is 0. The summed E-state index contributed by atoms with van der Waals surface area (Å²) in [5.41, 5.74) is 3.98. The summed E-state index contributed by atoms with van der Waals surface area (Å²) in [6.45, 7) is 3.59. The summed E-state index contributed by atoms with van der Waals surface area (Å²) >= 11 is 0. The van der Waals surface area contributed by atoms with Crippen molar-refractivity contribution in [1.29, 1.82) is 5.26 Å². The van der Waals surface area contributed by atoms with Gasteiger partial charge in [-0.05, 0) is 50.2 Å². The molecule has 0 saturated heterocycles. The second-order valence-corrected chi connectivity index (χ2v) is 4.24. The molecule has 100 valence electrons. The van der Waals surface area contributed by atoms with Crippen LogP contribution in [0.15, 0.2) is 45.9 Å². The first kappa shape index (κ1) is 13.6. The molecular formula is C15H13N3O2. The number of nitrogens with one attached hydrogen (secondary N) is 1. The van der Waals surface area contributed by atoms with Crippen LogP contribution < -0.4 is 5.43 Å². The van der Waals surface area contributed by atoms with Crippen molar-refractivity contribution in [1.82, 2.24) is 5.43 Å². The maximum Gasteiger partial charge on any atom is 0.271 e. The molecule has 1 heterocycles. The van der Waals surface area contributed by atoms with Gasteiger partial charge in [0.2, 0.25) is 0 Å². The average Bonchev–Trinajstić information content (AvgIpc) is 2.91. The molecule has 20 heavy (non-hydrogen) atoms. The molecule has 1 aromatic heterocycles. The lowest BCUT2D eigenvalue weighted by Crippen LogP contribution is -2.19. The molecule has 2 rings (SSSR count). The maximum absolute atomic E-state index is 11.9. The highest BCUT2D eigenvalue weighted by molar-refractivity contribution is 5.99. The number of nitriles is 1. The standard InChI is InChI=1S/C15H13N3O2/c1-10-3-8-14(20-10)11(2)17-18-15(19)13-6-4-12(9-16)5-7-13/h3-8H,1-2H3,(H,18,19)/b17-11+. The zero-order valence-corrected chi connectivity index (χ0v) is 11.2. The zero-order chi connectivity index (χ0) is 14.5. The number of nitrogens with zero attached hydrogens (tertiary/aromatic N) is 2. The first-order chi connectivity index (χ1) is 9.60. The smallest absolute Gasteiger partial charge is 0.271 e. The van der Waals surface area contributed by atoms with E-state index in [2.05, 4.69) is 10.5 Å². The van der Waals surface area contributed by atoms with Gasteiger partial charge in [0.15, 0.2) is 0 Å². The molecular weight excluding hydrogens is 254 g/mol. The van der Waals surface area contributed by atoms with Crippen molar-refractivity contribution in [2.24, 2.45) is 5.10 Å². The Bertz CT molecular complexity index is 691. The van der Waals surface area contributed by atoms with Crippen molar-refractivity contribution in [2.45, 2.75) is 13.8 Å². The highest BCUT2D eigenvalue weighted by Gasteiger charge is 2.06. The molecule has 0 radical (unpaired) electrons. The molecule has 0 spiro atoms. The molecule has 0 saturated carbocycles. The van der Waals surface area contributed by atoms with Gasteiger partial charge in [0, 0.05) is 5.56 Å². The number of hydrazone groups is 1. The number of hydrogen-bond donors (Lipinski definition) is 1. The monoisotopic (exact) mass is 267 g/mol. The Balaban J connectivity index is 2.06. The molecule has 1 aromatic carbocycles. The lowest BCUT2D eigenvalue weighted by atomic mass is 10.1. The fraction of sp³-hybridized carbons (Fsp3) is 0.133. The van der Waals surface area contributed by atoms with Crippen LogP contribution in [0.5, 0.6) is 0 Å². The van der Waals surface area contributed by atoms with Crippen LogP contribution in [0, 0.1) is 18.3 Å². The predicted molar refractivity (Wildman–Crippen MR) is 74.3 cm³/mol. The van der Waals surface area contributed by atoms with Crippen LogP contribution in [-0.4, -0.2) is 11.6 Å². The maximum atomic E-state index is 11.9. The van der Waals surface area contributed by atoms with Gasteiger partial charge >= 0.3 is 0 Å². The molecule has 0 aliphatic carbocycles. The zero-order valence-electron chi connectivity index (χ0n) is 11.2. The van der Waals surface area contributed by atoms with Crippen LogP contribution >= 0.6 is 0 Å². The summed E-state index contributed by atoms with van der Waals surface area (Å²) < 4.78 is 5.40. The second kappa shape index (κ2) is 5.85. The van der Waals surface area contributed by atoms with Gasteiger partial charge in [-0.3, -0.25) is 4.79 Å². The van der Waals surface area contributed by atoms with Crippen LogP contribution in [0.4, 0.5) is 0 Å². The van der Waals surface area contributed by atoms with E-state index >= 15 is 0 Å². The third-order valence-corrected chi connectivity index (χ3v) is 2.70. The molecule has 5 heteroatoms. The normalized spacial score (nSPS) is 10.9. The molecule has 0 fully saturated rings. The van der Waals surface area contributed by atoms with Gasteiger partial charge in [0.25, 0.3) is 5.91 Å². The largest absolute Gasteiger partial charge is 0.460 e. The summed E-state index contributed by atoms with van der Waals surface area (Å²) in [4.78, 5) is 11.9. The number of carbonyl (C=O) groups excluding carboxylic acids is 1. The Kier molecular flexibility index (Phi) is 3.96. The average molecular weight is 267 g/mol. The highest BCUT2D eigenvalue weighted by atomic mass is 16.3. The van der Waals surface area contributed by atoms with Crippen molar-refractivity contribution in [3.8, 4) is 6.07 Å². The lowest BCUT2D eigenvalue weighted by molar-refractivity contribution is 0.0955. The first-order valence-corrected chi connectivity index (χ1v) is 6.02. The molecule has 1 amide bonds. The van der Waals surface area contributed by atoms with E-state index in [0.29, 0.717) is 22.6 Å². The van der Waals surface area contributed by atoms with E-state index in [1.165, 1.54) is 0 Å². The minimum Gasteiger partial charge on any atom is -0.460 e. The van der Waals surface area contributed by atoms with Crippen molar-refractivity contribution in [3.63, 3.8) is 0 Å². The molecule has 5 nitrogen and oxygen atoms in total. The predicted octanol–water partition coefficient (Wildman–Crippen LogP) is 2.61. The fourth-order valence-electron chi connectivity index (χ4n) is 1.58. The number of aryl methyl sites for hydroxylation is 1. The second-order valence-electron chi connectivity index (χ2n) is 4.24. The van der Waals surface area contributed by atoms with Crippen LogP contribution in [0.3, 0.4) is 0 Å². The minimum absolute atomic E-state index is 0.336. The van der Waals surface area contributed by atoms with E-state index in [0.717, 1.165) is 5.76 Å². The topological polar surface area (TPSA) is 78.4 Å². The van der Waals surface area contributed by atoms with E-state index in [-0.39, 0.29) is 5.91 Å². The van der Waals surface area contributed by atoms with Gasteiger partial charge in [-0.2, -0.15) is 10.4 Å². The van der Waals surface area contributed by atoms with E-state index in [1.54, 1.807) is 37.3 Å². The first-order valence-electron chi connectivity index (χ1n) is 6.02. The van der Waals surface area contributed by atoms with E-state index in [9.17, 15) is 4.79 Å². The Morgan fingerprint density at radius 1 is 1.25 bits per heavy atom. The number of rotatable bonds is 3. The molecule has 0 atom stereocenters. The van der Waals surface area contributed by atoms with Crippen LogP contribution in [-0.2, 0) is 0 Å². The van der Waals surface area contributed by atoms with Gasteiger partial charge in [0.1, 0.15) is 17.2 Å². The Morgan fingerprint density at radius 2 is 1.95 bits per heavy atom. The third-order valence-electron chi connectivity index (χ3n) is 2.70. The molecule has 0 unspecified atom stereocenters. The number of amides is 1. The van der Waals surface area contributed by atoms with Gasteiger partial charge < -0.3 is 4.42 Å². The van der Waals surface area contributed by atoms with Crippen LogP contribution in [0.25, 0.3) is 0 Å². The summed E-state index contributed by atoms with van der Waals surface area (Å²) in [5, 5.41) is 12.7. The fourth-order valence-corrected chi connectivity index (χ4v) is 1.58. The minimum atomic E-state index is -0.336. The van der Waals surface area contributed by atoms with Gasteiger partial charge in [-0.25, -0.2) is 5.43 Å². The number of hydrogen-bond acceptors (Lipinski definition) is 4. The number of benzene rings is 1. The van der Waals surface area contributed by atoms with E-state index in [4.69, 9.17) is 9.68 Å². The van der Waals surface area contributed by atoms with Gasteiger partial charge in [0.05, 0.1) is 11.6 Å². The van der Waals surface area contributed by atoms with Crippen molar-refractivity contribution < 1.29 is 9.21 Å². The van der Waals surface area contributed by atoms with Gasteiger partial charge in [-0.1, -0.05) is 0 Å². The molecule has 0 aliphatic rings. The SMILES string of the molecule is C/C(=N\NC(=O)c1ccc(C#N)cc1)c1ccc(C)o1. The molecule has 1 N–H and O–H groups in total. The van der Waals surface area contributed by atoms with Crippen molar-refractivity contribution in [2.75, 3.05) is 0 Å². The van der Waals surface area contributed by atoms with Crippen LogP contribution in [0.2, 0.25) is 0 Å². The highest BCUT2D eigenvalue weighted by Crippen LogP contribution is 2.07. The lowest BCUT2D eigenvalue weighted by Gasteiger charge is -2.01. The van der Waals surface area contributed by atoms with E-state index < -0.39 is 0 Å². The van der Waals surface area contributed by atoms with Gasteiger partial charge in [-0.15, -0.1) is 0 Å². The molecule has 2 aromatic rings. The van der Waals surface area contributed by atoms with Crippen LogP contribution in [0.1, 0.15) is 34.4 Å². The van der Waals surface area contributed by atoms with Crippen molar-refractivity contribution in [3.05, 3.63) is 59.0 Å².